The second-order valence-electron chi connectivity index (χ2n) is 3.70. The fourth-order valence-corrected chi connectivity index (χ4v) is 1.70. The van der Waals surface area contributed by atoms with Crippen molar-refractivity contribution in [3.63, 3.8) is 0 Å². The van der Waals surface area contributed by atoms with Crippen LogP contribution < -0.4 is 5.56 Å². The number of benzene rings is 1. The first-order valence-corrected chi connectivity index (χ1v) is 5.20. The fourth-order valence-electron chi connectivity index (χ4n) is 1.70. The van der Waals surface area contributed by atoms with Crippen molar-refractivity contribution in [2.45, 2.75) is 13.3 Å². The molecule has 0 fully saturated rings. The molecule has 1 aromatic heterocycles. The minimum atomic E-state index is -0.0941. The summed E-state index contributed by atoms with van der Waals surface area (Å²) in [5.41, 5.74) is 2.38. The van der Waals surface area contributed by atoms with E-state index in [9.17, 15) is 4.79 Å². The standard InChI is InChI=1S/C12H14N2O2/c1-9-4-2-3-5-11(9)14-12(16)10(6-7-15)8-13-14/h2-5,8,13,15H,6-7H2,1H3. The van der Waals surface area contributed by atoms with E-state index in [1.165, 1.54) is 4.68 Å². The molecular weight excluding hydrogens is 204 g/mol. The molecule has 2 rings (SSSR count). The molecule has 0 aliphatic rings. The van der Waals surface area contributed by atoms with Crippen molar-refractivity contribution >= 4 is 0 Å². The molecule has 0 amide bonds. The van der Waals surface area contributed by atoms with Crippen LogP contribution in [0.25, 0.3) is 5.69 Å². The number of aromatic nitrogens is 2. The number of aliphatic hydroxyl groups excluding tert-OH is 1. The molecular formula is C12H14N2O2. The zero-order valence-corrected chi connectivity index (χ0v) is 9.10. The molecule has 0 saturated heterocycles. The molecule has 0 aliphatic heterocycles. The summed E-state index contributed by atoms with van der Waals surface area (Å²) in [5, 5.41) is 11.7. The highest BCUT2D eigenvalue weighted by molar-refractivity contribution is 5.39. The summed E-state index contributed by atoms with van der Waals surface area (Å²) in [5.74, 6) is 0. The zero-order valence-electron chi connectivity index (χ0n) is 9.10. The van der Waals surface area contributed by atoms with Crippen molar-refractivity contribution in [1.29, 1.82) is 0 Å². The van der Waals surface area contributed by atoms with Gasteiger partial charge in [-0.05, 0) is 18.6 Å². The number of nitrogens with zero attached hydrogens (tertiary/aromatic N) is 1. The lowest BCUT2D eigenvalue weighted by Gasteiger charge is -2.04. The van der Waals surface area contributed by atoms with E-state index in [0.717, 1.165) is 11.3 Å². The van der Waals surface area contributed by atoms with Crippen molar-refractivity contribution in [1.82, 2.24) is 9.78 Å². The Morgan fingerprint density at radius 2 is 2.12 bits per heavy atom. The van der Waals surface area contributed by atoms with Gasteiger partial charge < -0.3 is 5.11 Å². The van der Waals surface area contributed by atoms with Crippen LogP contribution in [0.3, 0.4) is 0 Å². The molecule has 0 aliphatic carbocycles. The molecule has 2 aromatic rings. The lowest BCUT2D eigenvalue weighted by Crippen LogP contribution is -2.18. The van der Waals surface area contributed by atoms with Crippen LogP contribution in [0.5, 0.6) is 0 Å². The largest absolute Gasteiger partial charge is 0.396 e. The Bertz CT molecular complexity index is 540. The molecule has 0 unspecified atom stereocenters. The van der Waals surface area contributed by atoms with E-state index in [4.69, 9.17) is 5.11 Å². The molecule has 0 spiro atoms. The second-order valence-corrected chi connectivity index (χ2v) is 3.70. The quantitative estimate of drug-likeness (QED) is 0.807. The van der Waals surface area contributed by atoms with Crippen LogP contribution in [0.1, 0.15) is 11.1 Å². The van der Waals surface area contributed by atoms with Gasteiger partial charge >= 0.3 is 0 Å². The van der Waals surface area contributed by atoms with E-state index >= 15 is 0 Å². The Labute approximate surface area is 93.1 Å². The van der Waals surface area contributed by atoms with Gasteiger partial charge in [-0.1, -0.05) is 18.2 Å². The van der Waals surface area contributed by atoms with Crippen LogP contribution in [0.2, 0.25) is 0 Å². The normalized spacial score (nSPS) is 10.6. The fraction of sp³-hybridized carbons (Fsp3) is 0.250. The van der Waals surface area contributed by atoms with Crippen LogP contribution in [0, 0.1) is 6.92 Å². The summed E-state index contributed by atoms with van der Waals surface area (Å²) in [6.07, 6.45) is 2.03. The molecule has 0 saturated carbocycles. The summed E-state index contributed by atoms with van der Waals surface area (Å²) in [7, 11) is 0. The number of hydrogen-bond acceptors (Lipinski definition) is 2. The van der Waals surface area contributed by atoms with Crippen molar-refractivity contribution in [3.8, 4) is 5.69 Å². The Kier molecular flexibility index (Phi) is 2.92. The van der Waals surface area contributed by atoms with Gasteiger partial charge in [0.25, 0.3) is 5.56 Å². The lowest BCUT2D eigenvalue weighted by molar-refractivity contribution is 0.299. The zero-order chi connectivity index (χ0) is 11.5. The minimum Gasteiger partial charge on any atom is -0.396 e. The Hall–Kier alpha value is -1.81. The highest BCUT2D eigenvalue weighted by Gasteiger charge is 2.08. The highest BCUT2D eigenvalue weighted by atomic mass is 16.3. The van der Waals surface area contributed by atoms with Gasteiger partial charge in [-0.2, -0.15) is 0 Å². The number of rotatable bonds is 3. The molecule has 0 bridgehead atoms. The third-order valence-corrected chi connectivity index (χ3v) is 2.58. The predicted molar refractivity (Wildman–Crippen MR) is 61.9 cm³/mol. The Morgan fingerprint density at radius 1 is 1.38 bits per heavy atom. The topological polar surface area (TPSA) is 58.0 Å². The van der Waals surface area contributed by atoms with Gasteiger partial charge in [0.15, 0.2) is 0 Å². The lowest BCUT2D eigenvalue weighted by atomic mass is 10.2. The summed E-state index contributed by atoms with van der Waals surface area (Å²) in [4.78, 5) is 11.9. The van der Waals surface area contributed by atoms with Gasteiger partial charge in [0.1, 0.15) is 0 Å². The van der Waals surface area contributed by atoms with Gasteiger partial charge in [-0.25, -0.2) is 4.68 Å². The molecule has 0 radical (unpaired) electrons. The monoisotopic (exact) mass is 218 g/mol. The number of H-pyrrole nitrogens is 1. The third kappa shape index (κ3) is 1.79. The average Bonchev–Trinajstić information content (AvgIpc) is 2.62. The maximum Gasteiger partial charge on any atom is 0.274 e. The molecule has 4 nitrogen and oxygen atoms in total. The molecule has 4 heteroatoms. The van der Waals surface area contributed by atoms with Crippen LogP contribution >= 0.6 is 0 Å². The molecule has 16 heavy (non-hydrogen) atoms. The van der Waals surface area contributed by atoms with E-state index in [1.54, 1.807) is 6.20 Å². The maximum atomic E-state index is 11.9. The number of aliphatic hydroxyl groups is 1. The van der Waals surface area contributed by atoms with E-state index in [1.807, 2.05) is 31.2 Å². The summed E-state index contributed by atoms with van der Waals surface area (Å²) in [6.45, 7) is 1.94. The first kappa shape index (κ1) is 10.7. The summed E-state index contributed by atoms with van der Waals surface area (Å²) < 4.78 is 1.50. The summed E-state index contributed by atoms with van der Waals surface area (Å²) in [6, 6.07) is 7.66. The van der Waals surface area contributed by atoms with E-state index in [-0.39, 0.29) is 12.2 Å². The highest BCUT2D eigenvalue weighted by Crippen LogP contribution is 2.10. The Morgan fingerprint density at radius 3 is 2.81 bits per heavy atom. The second kappa shape index (κ2) is 4.37. The first-order valence-electron chi connectivity index (χ1n) is 5.20. The smallest absolute Gasteiger partial charge is 0.274 e. The van der Waals surface area contributed by atoms with Gasteiger partial charge in [0.2, 0.25) is 0 Å². The van der Waals surface area contributed by atoms with E-state index in [0.29, 0.717) is 12.0 Å². The molecule has 84 valence electrons. The van der Waals surface area contributed by atoms with Gasteiger partial charge in [0.05, 0.1) is 5.69 Å². The van der Waals surface area contributed by atoms with Crippen molar-refractivity contribution < 1.29 is 5.11 Å². The third-order valence-electron chi connectivity index (χ3n) is 2.58. The van der Waals surface area contributed by atoms with Gasteiger partial charge in [-0.3, -0.25) is 9.89 Å². The average molecular weight is 218 g/mol. The van der Waals surface area contributed by atoms with Crippen LogP contribution in [0.15, 0.2) is 35.3 Å². The molecule has 1 aromatic carbocycles. The minimum absolute atomic E-state index is 0.0130. The van der Waals surface area contributed by atoms with E-state index in [2.05, 4.69) is 5.10 Å². The van der Waals surface area contributed by atoms with Crippen LogP contribution in [-0.4, -0.2) is 21.5 Å². The number of aryl methyl sites for hydroxylation is 1. The van der Waals surface area contributed by atoms with Crippen LogP contribution in [0.4, 0.5) is 0 Å². The number of hydrogen-bond donors (Lipinski definition) is 2. The number of para-hydroxylation sites is 1. The first-order chi connectivity index (χ1) is 7.74. The van der Waals surface area contributed by atoms with E-state index < -0.39 is 0 Å². The Balaban J connectivity index is 2.50. The SMILES string of the molecule is Cc1ccccc1-n1[nH]cc(CCO)c1=O. The van der Waals surface area contributed by atoms with Crippen molar-refractivity contribution in [3.05, 3.63) is 51.9 Å². The molecule has 0 atom stereocenters. The molecule has 2 N–H and O–H groups in total. The van der Waals surface area contributed by atoms with Gasteiger partial charge in [0, 0.05) is 24.8 Å². The predicted octanol–water partition coefficient (Wildman–Crippen LogP) is 1.01. The molecule has 1 heterocycles. The van der Waals surface area contributed by atoms with Crippen LogP contribution in [-0.2, 0) is 6.42 Å². The van der Waals surface area contributed by atoms with Crippen molar-refractivity contribution in [2.75, 3.05) is 6.61 Å². The maximum absolute atomic E-state index is 11.9. The number of aromatic amines is 1. The summed E-state index contributed by atoms with van der Waals surface area (Å²) >= 11 is 0. The number of nitrogens with one attached hydrogen (secondary N) is 1. The van der Waals surface area contributed by atoms with Gasteiger partial charge in [-0.15, -0.1) is 0 Å². The van der Waals surface area contributed by atoms with Crippen molar-refractivity contribution in [2.24, 2.45) is 0 Å².